The molecule has 0 spiro atoms. The number of likely N-dealkylation sites (tertiary alicyclic amines) is 1. The van der Waals surface area contributed by atoms with Crippen molar-refractivity contribution in [2.45, 2.75) is 32.6 Å². The highest BCUT2D eigenvalue weighted by Gasteiger charge is 2.27. The predicted octanol–water partition coefficient (Wildman–Crippen LogP) is 3.22. The van der Waals surface area contributed by atoms with Crippen LogP contribution >= 0.6 is 11.3 Å². The van der Waals surface area contributed by atoms with Crippen molar-refractivity contribution in [2.75, 3.05) is 25.5 Å². The number of carbonyl (C=O) groups is 1. The van der Waals surface area contributed by atoms with Crippen LogP contribution in [-0.2, 0) is 0 Å². The van der Waals surface area contributed by atoms with Crippen molar-refractivity contribution in [1.82, 2.24) is 14.9 Å². The van der Waals surface area contributed by atoms with Crippen LogP contribution in [0.2, 0.25) is 0 Å². The largest absolute Gasteiger partial charge is 0.373 e. The Morgan fingerprint density at radius 3 is 2.96 bits per heavy atom. The number of pyridine rings is 1. The van der Waals surface area contributed by atoms with Crippen molar-refractivity contribution < 1.29 is 4.79 Å². The summed E-state index contributed by atoms with van der Waals surface area (Å²) in [5, 5.41) is 4.03. The van der Waals surface area contributed by atoms with E-state index in [2.05, 4.69) is 27.4 Å². The Morgan fingerprint density at radius 2 is 2.26 bits per heavy atom. The van der Waals surface area contributed by atoms with Gasteiger partial charge >= 0.3 is 0 Å². The van der Waals surface area contributed by atoms with Gasteiger partial charge in [0, 0.05) is 32.3 Å². The zero-order chi connectivity index (χ0) is 16.4. The molecule has 1 aliphatic heterocycles. The average Bonchev–Trinajstić information content (AvgIpc) is 2.92. The fraction of sp³-hybridized carbons (Fsp3) is 0.471. The molecule has 2 aromatic heterocycles. The van der Waals surface area contributed by atoms with Gasteiger partial charge in [-0.05, 0) is 44.4 Å². The van der Waals surface area contributed by atoms with Gasteiger partial charge in [0.05, 0.1) is 10.7 Å². The van der Waals surface area contributed by atoms with Gasteiger partial charge in [-0.2, -0.15) is 0 Å². The number of anilines is 1. The number of aromatic nitrogens is 2. The molecule has 0 radical (unpaired) electrons. The van der Waals surface area contributed by atoms with E-state index in [4.69, 9.17) is 0 Å². The summed E-state index contributed by atoms with van der Waals surface area (Å²) in [7, 11) is 1.87. The Kier molecular flexibility index (Phi) is 4.61. The Bertz CT molecular complexity index is 712. The van der Waals surface area contributed by atoms with Gasteiger partial charge in [0.15, 0.2) is 0 Å². The first-order valence-corrected chi connectivity index (χ1v) is 8.77. The molecule has 5 nitrogen and oxygen atoms in total. The minimum absolute atomic E-state index is 0.126. The number of hydrogen-bond acceptors (Lipinski definition) is 5. The van der Waals surface area contributed by atoms with Crippen molar-refractivity contribution in [3.05, 3.63) is 39.5 Å². The average molecular weight is 330 g/mol. The smallest absolute Gasteiger partial charge is 0.265 e. The van der Waals surface area contributed by atoms with E-state index in [0.29, 0.717) is 5.92 Å². The quantitative estimate of drug-likeness (QED) is 0.939. The molecule has 3 rings (SSSR count). The third kappa shape index (κ3) is 3.37. The number of carbonyl (C=O) groups excluding carboxylic acids is 1. The molecule has 1 saturated heterocycles. The standard InChI is InChI=1S/C17H22N4OS/c1-11-16(23-12(2)20-11)17(22)21-8-4-5-14(10-21)13-6-7-19-15(9-13)18-3/h6-7,9,14H,4-5,8,10H2,1-3H3,(H,18,19)/t14-/m0/s1. The van der Waals surface area contributed by atoms with Gasteiger partial charge < -0.3 is 10.2 Å². The summed E-state index contributed by atoms with van der Waals surface area (Å²) in [4.78, 5) is 24.2. The second-order valence-corrected chi connectivity index (χ2v) is 7.17. The molecule has 2 aromatic rings. The summed E-state index contributed by atoms with van der Waals surface area (Å²) in [5.41, 5.74) is 2.10. The van der Waals surface area contributed by atoms with Crippen LogP contribution in [0.25, 0.3) is 0 Å². The number of amides is 1. The molecule has 0 aromatic carbocycles. The number of thiazole rings is 1. The van der Waals surface area contributed by atoms with Gasteiger partial charge in [-0.1, -0.05) is 0 Å². The lowest BCUT2D eigenvalue weighted by atomic mass is 9.91. The predicted molar refractivity (Wildman–Crippen MR) is 93.3 cm³/mol. The third-order valence-corrected chi connectivity index (χ3v) is 5.38. The van der Waals surface area contributed by atoms with Gasteiger partial charge in [0.2, 0.25) is 0 Å². The van der Waals surface area contributed by atoms with E-state index in [9.17, 15) is 4.79 Å². The molecule has 0 unspecified atom stereocenters. The number of nitrogens with zero attached hydrogens (tertiary/aromatic N) is 3. The normalized spacial score (nSPS) is 18.0. The van der Waals surface area contributed by atoms with Crippen molar-refractivity contribution in [1.29, 1.82) is 0 Å². The highest BCUT2D eigenvalue weighted by molar-refractivity contribution is 7.13. The summed E-state index contributed by atoms with van der Waals surface area (Å²) >= 11 is 1.50. The van der Waals surface area contributed by atoms with Crippen molar-refractivity contribution in [3.63, 3.8) is 0 Å². The molecule has 6 heteroatoms. The van der Waals surface area contributed by atoms with Gasteiger partial charge in [0.25, 0.3) is 5.91 Å². The first kappa shape index (κ1) is 15.9. The van der Waals surface area contributed by atoms with Crippen LogP contribution < -0.4 is 5.32 Å². The molecule has 1 fully saturated rings. The number of hydrogen-bond donors (Lipinski definition) is 1. The molecule has 3 heterocycles. The van der Waals surface area contributed by atoms with E-state index >= 15 is 0 Å². The summed E-state index contributed by atoms with van der Waals surface area (Å²) < 4.78 is 0. The fourth-order valence-electron chi connectivity index (χ4n) is 3.14. The molecule has 1 aliphatic rings. The van der Waals surface area contributed by atoms with Crippen LogP contribution in [0.5, 0.6) is 0 Å². The summed E-state index contributed by atoms with van der Waals surface area (Å²) in [6.45, 7) is 5.46. The van der Waals surface area contributed by atoms with E-state index < -0.39 is 0 Å². The number of rotatable bonds is 3. The van der Waals surface area contributed by atoms with Crippen LogP contribution in [0.15, 0.2) is 18.3 Å². The van der Waals surface area contributed by atoms with Crippen molar-refractivity contribution in [2.24, 2.45) is 0 Å². The minimum Gasteiger partial charge on any atom is -0.373 e. The first-order chi connectivity index (χ1) is 11.1. The summed E-state index contributed by atoms with van der Waals surface area (Å²) in [6, 6.07) is 4.14. The molecule has 1 amide bonds. The maximum absolute atomic E-state index is 12.8. The van der Waals surface area contributed by atoms with Crippen LogP contribution in [-0.4, -0.2) is 40.9 Å². The molecule has 0 aliphatic carbocycles. The van der Waals surface area contributed by atoms with Crippen molar-refractivity contribution >= 4 is 23.1 Å². The Morgan fingerprint density at radius 1 is 1.43 bits per heavy atom. The molecule has 1 atom stereocenters. The minimum atomic E-state index is 0.126. The Labute approximate surface area is 140 Å². The van der Waals surface area contributed by atoms with E-state index in [1.165, 1.54) is 16.9 Å². The summed E-state index contributed by atoms with van der Waals surface area (Å²) in [5.74, 6) is 1.37. The second kappa shape index (κ2) is 6.66. The number of nitrogens with one attached hydrogen (secondary N) is 1. The van der Waals surface area contributed by atoms with Gasteiger partial charge in [-0.3, -0.25) is 4.79 Å². The van der Waals surface area contributed by atoms with Gasteiger partial charge in [-0.15, -0.1) is 11.3 Å². The Balaban J connectivity index is 1.77. The molecule has 0 saturated carbocycles. The topological polar surface area (TPSA) is 58.1 Å². The third-order valence-electron chi connectivity index (χ3n) is 4.32. The highest BCUT2D eigenvalue weighted by Crippen LogP contribution is 2.29. The highest BCUT2D eigenvalue weighted by atomic mass is 32.1. The zero-order valence-corrected chi connectivity index (χ0v) is 14.6. The SMILES string of the molecule is CNc1cc([C@H]2CCCN(C(=O)c3sc(C)nc3C)C2)ccn1. The maximum Gasteiger partial charge on any atom is 0.265 e. The zero-order valence-electron chi connectivity index (χ0n) is 13.8. The van der Waals surface area contributed by atoms with Crippen LogP contribution in [0.4, 0.5) is 5.82 Å². The Hall–Kier alpha value is -1.95. The van der Waals surface area contributed by atoms with E-state index in [1.54, 1.807) is 0 Å². The monoisotopic (exact) mass is 330 g/mol. The van der Waals surface area contributed by atoms with E-state index in [0.717, 1.165) is 47.3 Å². The number of aryl methyl sites for hydroxylation is 2. The van der Waals surface area contributed by atoms with Gasteiger partial charge in [0.1, 0.15) is 10.7 Å². The van der Waals surface area contributed by atoms with E-state index in [-0.39, 0.29) is 5.91 Å². The maximum atomic E-state index is 12.8. The van der Waals surface area contributed by atoms with Crippen LogP contribution in [0.1, 0.15) is 44.7 Å². The molecule has 23 heavy (non-hydrogen) atoms. The fourth-order valence-corrected chi connectivity index (χ4v) is 4.03. The van der Waals surface area contributed by atoms with E-state index in [1.807, 2.05) is 32.0 Å². The lowest BCUT2D eigenvalue weighted by Crippen LogP contribution is -2.39. The number of piperidine rings is 1. The molecule has 1 N–H and O–H groups in total. The molecule has 122 valence electrons. The first-order valence-electron chi connectivity index (χ1n) is 7.95. The molecular formula is C17H22N4OS. The molecular weight excluding hydrogens is 308 g/mol. The second-order valence-electron chi connectivity index (χ2n) is 5.96. The van der Waals surface area contributed by atoms with Gasteiger partial charge in [-0.25, -0.2) is 9.97 Å². The lowest BCUT2D eigenvalue weighted by molar-refractivity contribution is 0.0711. The van der Waals surface area contributed by atoms with Crippen LogP contribution in [0, 0.1) is 13.8 Å². The van der Waals surface area contributed by atoms with Crippen molar-refractivity contribution in [3.8, 4) is 0 Å². The summed E-state index contributed by atoms with van der Waals surface area (Å²) in [6.07, 6.45) is 3.97. The van der Waals surface area contributed by atoms with Crippen LogP contribution in [0.3, 0.4) is 0 Å². The molecule has 0 bridgehead atoms. The lowest BCUT2D eigenvalue weighted by Gasteiger charge is -2.33.